The van der Waals surface area contributed by atoms with Crippen LogP contribution in [0.1, 0.15) is 20.8 Å². The van der Waals surface area contributed by atoms with Crippen LogP contribution in [-0.4, -0.2) is 12.3 Å². The molecule has 14 heavy (non-hydrogen) atoms. The second kappa shape index (κ2) is 5.27. The molecule has 1 N–H and O–H groups in total. The van der Waals surface area contributed by atoms with Crippen molar-refractivity contribution in [2.75, 3.05) is 0 Å². The topological polar surface area (TPSA) is 33.6 Å². The normalized spacial score (nSPS) is 11.8. The molecule has 0 spiro atoms. The molecule has 0 fully saturated rings. The first-order chi connectivity index (χ1) is 6.39. The van der Waals surface area contributed by atoms with E-state index in [1.54, 1.807) is 12.2 Å². The smallest absolute Gasteiger partial charge is 0.185 e. The minimum Gasteiger partial charge on any atom is -0.474 e. The van der Waals surface area contributed by atoms with Crippen molar-refractivity contribution in [2.24, 2.45) is 4.99 Å². The molecule has 0 radical (unpaired) electrons. The zero-order chi connectivity index (χ0) is 11.2. The highest BCUT2D eigenvalue weighted by molar-refractivity contribution is 5.30. The molecule has 0 aromatic heterocycles. The van der Waals surface area contributed by atoms with Crippen LogP contribution >= 0.6 is 0 Å². The van der Waals surface area contributed by atoms with E-state index in [0.29, 0.717) is 11.7 Å². The van der Waals surface area contributed by atoms with Crippen LogP contribution in [-0.2, 0) is 4.74 Å². The first-order valence-electron chi connectivity index (χ1n) is 4.33. The van der Waals surface area contributed by atoms with Crippen molar-refractivity contribution in [2.45, 2.75) is 26.4 Å². The Labute approximate surface area is 85.9 Å². The van der Waals surface area contributed by atoms with Gasteiger partial charge >= 0.3 is 0 Å². The number of hydrogen-bond acceptors (Lipinski definition) is 3. The quantitative estimate of drug-likeness (QED) is 0.414. The Morgan fingerprint density at radius 1 is 1.43 bits per heavy atom. The van der Waals surface area contributed by atoms with E-state index in [2.05, 4.69) is 30.2 Å². The van der Waals surface area contributed by atoms with Crippen LogP contribution in [0.25, 0.3) is 0 Å². The summed E-state index contributed by atoms with van der Waals surface area (Å²) in [6.07, 6.45) is 3.30. The molecular weight excluding hydrogens is 176 g/mol. The molecule has 0 saturated heterocycles. The summed E-state index contributed by atoms with van der Waals surface area (Å²) in [4.78, 5) is 3.74. The van der Waals surface area contributed by atoms with Gasteiger partial charge in [0.05, 0.1) is 0 Å². The number of aliphatic imine (C=N–C) groups is 1. The third-order valence-corrected chi connectivity index (χ3v) is 1.14. The molecule has 0 aliphatic rings. The molecule has 0 aliphatic heterocycles. The Kier molecular flexibility index (Phi) is 4.70. The van der Waals surface area contributed by atoms with Gasteiger partial charge in [0.15, 0.2) is 5.88 Å². The lowest BCUT2D eigenvalue weighted by Crippen LogP contribution is -2.24. The minimum atomic E-state index is -0.273. The molecule has 0 aromatic rings. The summed E-state index contributed by atoms with van der Waals surface area (Å²) in [5.41, 5.74) is -0.273. The lowest BCUT2D eigenvalue weighted by Gasteiger charge is -2.23. The van der Waals surface area contributed by atoms with E-state index in [-0.39, 0.29) is 5.60 Å². The second-order valence-electron chi connectivity index (χ2n) is 3.71. The molecule has 3 heteroatoms. The fourth-order valence-corrected chi connectivity index (χ4v) is 0.783. The van der Waals surface area contributed by atoms with Crippen LogP contribution in [0.3, 0.4) is 0 Å². The Morgan fingerprint density at radius 2 is 2.00 bits per heavy atom. The molecule has 0 saturated carbocycles. The average Bonchev–Trinajstić information content (AvgIpc) is 2.00. The maximum atomic E-state index is 5.45. The van der Waals surface area contributed by atoms with E-state index in [9.17, 15) is 0 Å². The zero-order valence-corrected chi connectivity index (χ0v) is 9.13. The molecule has 0 bridgehead atoms. The Balaban J connectivity index is 4.24. The molecule has 0 rings (SSSR count). The van der Waals surface area contributed by atoms with E-state index < -0.39 is 0 Å². The van der Waals surface area contributed by atoms with Crippen molar-refractivity contribution < 1.29 is 4.74 Å². The molecule has 0 aliphatic carbocycles. The van der Waals surface area contributed by atoms with Gasteiger partial charge in [0, 0.05) is 0 Å². The molecule has 0 aromatic carbocycles. The Morgan fingerprint density at radius 3 is 2.36 bits per heavy atom. The van der Waals surface area contributed by atoms with Crippen molar-refractivity contribution in [3.8, 4) is 0 Å². The Hall–Kier alpha value is -1.51. The van der Waals surface area contributed by atoms with Crippen molar-refractivity contribution in [1.82, 2.24) is 5.32 Å². The summed E-state index contributed by atoms with van der Waals surface area (Å²) < 4.78 is 5.45. The summed E-state index contributed by atoms with van der Waals surface area (Å²) in [7, 11) is 0. The van der Waals surface area contributed by atoms with Crippen LogP contribution in [0.15, 0.2) is 42.0 Å². The lowest BCUT2D eigenvalue weighted by atomic mass is 10.2. The summed E-state index contributed by atoms with van der Waals surface area (Å²) in [6, 6.07) is 0. The number of ether oxygens (including phenoxy) is 1. The van der Waals surface area contributed by atoms with Crippen LogP contribution in [0.5, 0.6) is 0 Å². The Bertz CT molecular complexity index is 259. The fourth-order valence-electron chi connectivity index (χ4n) is 0.783. The average molecular weight is 194 g/mol. The maximum Gasteiger partial charge on any atom is 0.185 e. The monoisotopic (exact) mass is 194 g/mol. The van der Waals surface area contributed by atoms with Gasteiger partial charge in [0.2, 0.25) is 0 Å². The molecule has 78 valence electrons. The van der Waals surface area contributed by atoms with Crippen molar-refractivity contribution in [3.63, 3.8) is 0 Å². The van der Waals surface area contributed by atoms with Gasteiger partial charge in [-0.05, 0) is 40.1 Å². The van der Waals surface area contributed by atoms with Crippen LogP contribution in [0.2, 0.25) is 0 Å². The molecular formula is C11H18N2O. The fraction of sp³-hybridized carbons (Fsp3) is 0.364. The van der Waals surface area contributed by atoms with Crippen LogP contribution in [0.4, 0.5) is 0 Å². The summed E-state index contributed by atoms with van der Waals surface area (Å²) in [6.45, 7) is 16.5. The van der Waals surface area contributed by atoms with Gasteiger partial charge in [-0.25, -0.2) is 4.99 Å². The highest BCUT2D eigenvalue weighted by Crippen LogP contribution is 2.11. The SMILES string of the molecule is C=C/C=C(\N=C)NC(=C)OC(C)(C)C. The first kappa shape index (κ1) is 12.5. The largest absolute Gasteiger partial charge is 0.474 e. The van der Waals surface area contributed by atoms with Gasteiger partial charge in [0.1, 0.15) is 11.4 Å². The standard InChI is InChI=1S/C11H18N2O/c1-7-8-10(12-6)13-9(2)14-11(3,4)5/h7-8,13H,1-2,6H2,3-5H3/b10-8+. The number of allylic oxidation sites excluding steroid dienone is 2. The molecule has 3 nitrogen and oxygen atoms in total. The van der Waals surface area contributed by atoms with E-state index in [1.165, 1.54) is 0 Å². The predicted octanol–water partition coefficient (Wildman–Crippen LogP) is 2.59. The number of hydrogen-bond donors (Lipinski definition) is 1. The minimum absolute atomic E-state index is 0.273. The highest BCUT2D eigenvalue weighted by Gasteiger charge is 2.12. The molecule has 0 amide bonds. The van der Waals surface area contributed by atoms with Gasteiger partial charge in [-0.15, -0.1) is 0 Å². The first-order valence-corrected chi connectivity index (χ1v) is 4.33. The maximum absolute atomic E-state index is 5.45. The summed E-state index contributed by atoms with van der Waals surface area (Å²) in [5, 5.41) is 2.87. The number of nitrogens with zero attached hydrogens (tertiary/aromatic N) is 1. The molecule has 0 unspecified atom stereocenters. The van der Waals surface area contributed by atoms with Gasteiger partial charge in [-0.2, -0.15) is 0 Å². The van der Waals surface area contributed by atoms with E-state index in [0.717, 1.165) is 0 Å². The van der Waals surface area contributed by atoms with Gasteiger partial charge in [0.25, 0.3) is 0 Å². The summed E-state index contributed by atoms with van der Waals surface area (Å²) in [5.74, 6) is 1.01. The van der Waals surface area contributed by atoms with Gasteiger partial charge in [-0.1, -0.05) is 12.7 Å². The highest BCUT2D eigenvalue weighted by atomic mass is 16.5. The molecule has 0 heterocycles. The number of nitrogens with one attached hydrogen (secondary N) is 1. The zero-order valence-electron chi connectivity index (χ0n) is 9.13. The van der Waals surface area contributed by atoms with E-state index in [4.69, 9.17) is 4.74 Å². The van der Waals surface area contributed by atoms with Gasteiger partial charge < -0.3 is 10.1 Å². The predicted molar refractivity (Wildman–Crippen MR) is 60.9 cm³/mol. The number of rotatable bonds is 5. The third kappa shape index (κ3) is 6.06. The van der Waals surface area contributed by atoms with Crippen LogP contribution < -0.4 is 5.32 Å². The van der Waals surface area contributed by atoms with E-state index >= 15 is 0 Å². The van der Waals surface area contributed by atoms with Crippen molar-refractivity contribution in [1.29, 1.82) is 0 Å². The van der Waals surface area contributed by atoms with Crippen molar-refractivity contribution >= 4 is 6.72 Å². The summed E-state index contributed by atoms with van der Waals surface area (Å²) >= 11 is 0. The van der Waals surface area contributed by atoms with Crippen LogP contribution in [0, 0.1) is 0 Å². The lowest BCUT2D eigenvalue weighted by molar-refractivity contribution is 0.0440. The second-order valence-corrected chi connectivity index (χ2v) is 3.71. The molecule has 0 atom stereocenters. The van der Waals surface area contributed by atoms with Crippen molar-refractivity contribution in [3.05, 3.63) is 37.0 Å². The third-order valence-electron chi connectivity index (χ3n) is 1.14. The van der Waals surface area contributed by atoms with Gasteiger partial charge in [-0.3, -0.25) is 0 Å². The van der Waals surface area contributed by atoms with E-state index in [1.807, 2.05) is 20.8 Å².